The van der Waals surface area contributed by atoms with E-state index in [4.69, 9.17) is 18.9 Å². The lowest BCUT2D eigenvalue weighted by molar-refractivity contribution is 0.102. The Kier molecular flexibility index (Phi) is 9.65. The average molecular weight is 530 g/mol. The Balaban J connectivity index is 1.73. The number of amides is 1. The number of aryl methyl sites for hydroxylation is 1. The lowest BCUT2D eigenvalue weighted by Crippen LogP contribution is -2.22. The molecule has 2 aromatic heterocycles. The van der Waals surface area contributed by atoms with Crippen LogP contribution in [0.4, 0.5) is 5.69 Å². The molecule has 2 N–H and O–H groups in total. The van der Waals surface area contributed by atoms with Gasteiger partial charge in [-0.15, -0.1) is 0 Å². The van der Waals surface area contributed by atoms with Crippen LogP contribution >= 0.6 is 11.3 Å². The van der Waals surface area contributed by atoms with Gasteiger partial charge in [0.1, 0.15) is 18.1 Å². The van der Waals surface area contributed by atoms with Crippen molar-refractivity contribution in [3.05, 3.63) is 40.4 Å². The van der Waals surface area contributed by atoms with Crippen molar-refractivity contribution in [2.75, 3.05) is 39.2 Å². The number of benzene rings is 1. The van der Waals surface area contributed by atoms with Crippen LogP contribution in [-0.2, 0) is 5.41 Å². The fourth-order valence-corrected chi connectivity index (χ4v) is 3.90. The summed E-state index contributed by atoms with van der Waals surface area (Å²) in [6.45, 7) is 12.4. The fourth-order valence-electron chi connectivity index (χ4n) is 3.24. The molecule has 0 unspecified atom stereocenters. The van der Waals surface area contributed by atoms with E-state index in [0.29, 0.717) is 24.1 Å². The summed E-state index contributed by atoms with van der Waals surface area (Å²) >= 11 is 1.23. The van der Waals surface area contributed by atoms with Gasteiger partial charge < -0.3 is 29.6 Å². The monoisotopic (exact) mass is 529 g/mol. The summed E-state index contributed by atoms with van der Waals surface area (Å²) in [4.78, 5) is 25.8. The van der Waals surface area contributed by atoms with Gasteiger partial charge in [-0.2, -0.15) is 15.0 Å². The summed E-state index contributed by atoms with van der Waals surface area (Å²) < 4.78 is 22.3. The Morgan fingerprint density at radius 1 is 1.05 bits per heavy atom. The van der Waals surface area contributed by atoms with E-state index in [0.717, 1.165) is 24.1 Å². The molecule has 10 nitrogen and oxygen atoms in total. The number of hydrogen-bond donors (Lipinski definition) is 2. The molecule has 0 bridgehead atoms. The first-order valence-electron chi connectivity index (χ1n) is 12.1. The van der Waals surface area contributed by atoms with Gasteiger partial charge in [-0.3, -0.25) is 4.79 Å². The van der Waals surface area contributed by atoms with Crippen LogP contribution in [0.2, 0.25) is 0 Å². The predicted molar refractivity (Wildman–Crippen MR) is 144 cm³/mol. The molecule has 0 aliphatic carbocycles. The quantitative estimate of drug-likeness (QED) is 0.313. The van der Waals surface area contributed by atoms with Gasteiger partial charge in [0.05, 0.1) is 14.2 Å². The Morgan fingerprint density at radius 2 is 1.76 bits per heavy atom. The predicted octanol–water partition coefficient (Wildman–Crippen LogP) is 4.98. The maximum absolute atomic E-state index is 13.0. The zero-order valence-corrected chi connectivity index (χ0v) is 23.2. The SMILES string of the molecule is CCCNCCOc1nc(OC)c(NC(=O)c2csc(Oc3cc(C(C)(C)C)ccc3C)n2)c(OC)n1. The zero-order valence-electron chi connectivity index (χ0n) is 22.4. The van der Waals surface area contributed by atoms with E-state index in [9.17, 15) is 4.79 Å². The van der Waals surface area contributed by atoms with Crippen LogP contribution in [0.1, 0.15) is 55.7 Å². The molecule has 3 rings (SSSR count). The number of methoxy groups -OCH3 is 2. The molecule has 0 radical (unpaired) electrons. The number of ether oxygens (including phenoxy) is 4. The molecule has 0 saturated heterocycles. The van der Waals surface area contributed by atoms with E-state index in [1.54, 1.807) is 5.38 Å². The highest BCUT2D eigenvalue weighted by atomic mass is 32.1. The number of rotatable bonds is 12. The van der Waals surface area contributed by atoms with Crippen LogP contribution in [-0.4, -0.2) is 54.8 Å². The van der Waals surface area contributed by atoms with Crippen LogP contribution in [0.3, 0.4) is 0 Å². The van der Waals surface area contributed by atoms with Crippen molar-refractivity contribution in [1.82, 2.24) is 20.3 Å². The summed E-state index contributed by atoms with van der Waals surface area (Å²) in [5.41, 5.74) is 2.45. The van der Waals surface area contributed by atoms with E-state index >= 15 is 0 Å². The summed E-state index contributed by atoms with van der Waals surface area (Å²) in [5.74, 6) is 0.436. The third-order valence-corrected chi connectivity index (χ3v) is 6.07. The average Bonchev–Trinajstić information content (AvgIpc) is 3.33. The fraction of sp³-hybridized carbons (Fsp3) is 0.462. The lowest BCUT2D eigenvalue weighted by atomic mass is 9.86. The number of nitrogens with one attached hydrogen (secondary N) is 2. The zero-order chi connectivity index (χ0) is 27.0. The Morgan fingerprint density at radius 3 is 2.38 bits per heavy atom. The summed E-state index contributed by atoms with van der Waals surface area (Å²) in [7, 11) is 2.87. The van der Waals surface area contributed by atoms with Crippen molar-refractivity contribution < 1.29 is 23.7 Å². The molecule has 0 spiro atoms. The molecule has 0 aliphatic heterocycles. The number of carbonyl (C=O) groups excluding carboxylic acids is 1. The number of thiazole rings is 1. The third kappa shape index (κ3) is 7.53. The number of anilines is 1. The largest absolute Gasteiger partial charge is 0.479 e. The molecular weight excluding hydrogens is 494 g/mol. The van der Waals surface area contributed by atoms with Crippen molar-refractivity contribution in [1.29, 1.82) is 0 Å². The van der Waals surface area contributed by atoms with Gasteiger partial charge in [0.25, 0.3) is 11.1 Å². The Labute approximate surface area is 221 Å². The first-order chi connectivity index (χ1) is 17.7. The van der Waals surface area contributed by atoms with Crippen molar-refractivity contribution >= 4 is 22.9 Å². The molecular formula is C26H35N5O5S. The number of hydrogen-bond acceptors (Lipinski definition) is 10. The van der Waals surface area contributed by atoms with E-state index < -0.39 is 5.91 Å². The minimum absolute atomic E-state index is 0.0214. The molecule has 11 heteroatoms. The van der Waals surface area contributed by atoms with Gasteiger partial charge in [0.2, 0.25) is 11.8 Å². The standard InChI is InChI=1S/C26H35N5O5S/c1-8-11-27-12-13-35-24-30-22(33-6)20(23(31-24)34-7)29-21(32)18-15-37-25(28-18)36-19-14-17(26(3,4)5)10-9-16(19)2/h9-10,14-15,27H,8,11-13H2,1-7H3,(H,29,32). The van der Waals surface area contributed by atoms with Crippen molar-refractivity contribution in [2.45, 2.75) is 46.5 Å². The Bertz CT molecular complexity index is 1180. The second-order valence-corrected chi connectivity index (χ2v) is 10.1. The maximum atomic E-state index is 13.0. The van der Waals surface area contributed by atoms with E-state index in [1.165, 1.54) is 25.6 Å². The summed E-state index contributed by atoms with van der Waals surface area (Å²) in [6.07, 6.45) is 1.03. The highest BCUT2D eigenvalue weighted by Crippen LogP contribution is 2.35. The number of aromatic nitrogens is 3. The van der Waals surface area contributed by atoms with Crippen molar-refractivity contribution in [3.8, 4) is 28.7 Å². The topological polar surface area (TPSA) is 117 Å². The highest BCUT2D eigenvalue weighted by Gasteiger charge is 2.22. The minimum atomic E-state index is -0.483. The van der Waals surface area contributed by atoms with Gasteiger partial charge in [-0.1, -0.05) is 51.2 Å². The van der Waals surface area contributed by atoms with Crippen molar-refractivity contribution in [2.24, 2.45) is 0 Å². The van der Waals surface area contributed by atoms with Crippen LogP contribution < -0.4 is 29.6 Å². The van der Waals surface area contributed by atoms with E-state index in [-0.39, 0.29) is 34.6 Å². The molecule has 200 valence electrons. The highest BCUT2D eigenvalue weighted by molar-refractivity contribution is 7.11. The van der Waals surface area contributed by atoms with E-state index in [2.05, 4.69) is 59.3 Å². The molecule has 0 aliphatic rings. The Hall–Kier alpha value is -3.44. The van der Waals surface area contributed by atoms with E-state index in [1.807, 2.05) is 19.1 Å². The van der Waals surface area contributed by atoms with Crippen LogP contribution in [0.15, 0.2) is 23.6 Å². The van der Waals surface area contributed by atoms with Gasteiger partial charge in [0, 0.05) is 11.9 Å². The normalized spacial score (nSPS) is 11.2. The van der Waals surface area contributed by atoms with Gasteiger partial charge >= 0.3 is 6.01 Å². The van der Waals surface area contributed by atoms with Crippen LogP contribution in [0.25, 0.3) is 0 Å². The molecule has 3 aromatic rings. The molecule has 37 heavy (non-hydrogen) atoms. The number of nitrogens with zero attached hydrogens (tertiary/aromatic N) is 3. The first-order valence-corrected chi connectivity index (χ1v) is 12.9. The minimum Gasteiger partial charge on any atom is -0.479 e. The lowest BCUT2D eigenvalue weighted by Gasteiger charge is -2.20. The molecule has 1 aromatic carbocycles. The summed E-state index contributed by atoms with van der Waals surface area (Å²) in [5, 5.41) is 7.94. The third-order valence-electron chi connectivity index (χ3n) is 5.35. The molecule has 2 heterocycles. The van der Waals surface area contributed by atoms with Gasteiger partial charge in [0.15, 0.2) is 5.69 Å². The molecule has 0 atom stereocenters. The van der Waals surface area contributed by atoms with Gasteiger partial charge in [-0.05, 0) is 42.5 Å². The van der Waals surface area contributed by atoms with Gasteiger partial charge in [-0.25, -0.2) is 0 Å². The maximum Gasteiger partial charge on any atom is 0.323 e. The first kappa shape index (κ1) is 28.1. The van der Waals surface area contributed by atoms with Crippen molar-refractivity contribution in [3.63, 3.8) is 0 Å². The number of carbonyl (C=O) groups is 1. The van der Waals surface area contributed by atoms with Crippen LogP contribution in [0.5, 0.6) is 28.7 Å². The van der Waals surface area contributed by atoms with Crippen LogP contribution in [0, 0.1) is 6.92 Å². The second kappa shape index (κ2) is 12.7. The molecule has 0 saturated carbocycles. The smallest absolute Gasteiger partial charge is 0.323 e. The molecule has 0 fully saturated rings. The molecule has 1 amide bonds. The second-order valence-electron chi connectivity index (χ2n) is 9.28. The summed E-state index contributed by atoms with van der Waals surface area (Å²) in [6, 6.07) is 6.20.